The molecule has 1 aromatic heterocycles. The van der Waals surface area contributed by atoms with Crippen LogP contribution in [0.15, 0.2) is 54.6 Å². The zero-order valence-electron chi connectivity index (χ0n) is 21.1. The molecule has 0 bridgehead atoms. The number of imidazole rings is 1. The molecule has 8 nitrogen and oxygen atoms in total. The van der Waals surface area contributed by atoms with Gasteiger partial charge in [-0.2, -0.15) is 4.98 Å². The van der Waals surface area contributed by atoms with Crippen LogP contribution in [0.2, 0.25) is 0 Å². The highest BCUT2D eigenvalue weighted by molar-refractivity contribution is 5.84. The number of morpholine rings is 1. The summed E-state index contributed by atoms with van der Waals surface area (Å²) in [7, 11) is 0. The SMILES string of the molecule is OC[C@H]1OC[C@H](Oc2nc3c(F)c(-c4ccc(-c5ccc(C6CNCCO6)cc5)cc4)c(F)cc3[nH]2)C[C@@H]1O. The molecule has 10 heteroatoms. The lowest BCUT2D eigenvalue weighted by Gasteiger charge is -2.31. The van der Waals surface area contributed by atoms with Gasteiger partial charge in [-0.1, -0.05) is 48.5 Å². The highest BCUT2D eigenvalue weighted by Gasteiger charge is 2.31. The molecule has 0 spiro atoms. The summed E-state index contributed by atoms with van der Waals surface area (Å²) in [6.07, 6.45) is -1.88. The van der Waals surface area contributed by atoms with Gasteiger partial charge in [-0.3, -0.25) is 0 Å². The van der Waals surface area contributed by atoms with Crippen molar-refractivity contribution in [1.29, 1.82) is 0 Å². The van der Waals surface area contributed by atoms with E-state index in [-0.39, 0.29) is 48.3 Å². The molecule has 2 saturated heterocycles. The van der Waals surface area contributed by atoms with Crippen LogP contribution < -0.4 is 10.1 Å². The second-order valence-electron chi connectivity index (χ2n) is 9.85. The quantitative estimate of drug-likeness (QED) is 0.297. The monoisotopic (exact) mass is 537 g/mol. The fraction of sp³-hybridized carbons (Fsp3) is 0.345. The van der Waals surface area contributed by atoms with Gasteiger partial charge in [0, 0.05) is 25.6 Å². The van der Waals surface area contributed by atoms with Crippen molar-refractivity contribution in [2.75, 3.05) is 32.9 Å². The number of benzene rings is 3. The molecule has 0 amide bonds. The number of aliphatic hydroxyl groups excluding tert-OH is 2. The third-order valence-corrected chi connectivity index (χ3v) is 7.25. The number of hydrogen-bond acceptors (Lipinski definition) is 7. The molecule has 204 valence electrons. The summed E-state index contributed by atoms with van der Waals surface area (Å²) < 4.78 is 47.5. The summed E-state index contributed by atoms with van der Waals surface area (Å²) in [6.45, 7) is 2.15. The number of aromatic amines is 1. The lowest BCUT2D eigenvalue weighted by molar-refractivity contribution is -0.131. The van der Waals surface area contributed by atoms with Crippen molar-refractivity contribution in [3.63, 3.8) is 0 Å². The number of rotatable bonds is 6. The van der Waals surface area contributed by atoms with Gasteiger partial charge in [-0.25, -0.2) is 8.78 Å². The van der Waals surface area contributed by atoms with Crippen molar-refractivity contribution < 1.29 is 33.2 Å². The van der Waals surface area contributed by atoms with E-state index in [1.165, 1.54) is 6.07 Å². The number of nitrogens with one attached hydrogen (secondary N) is 2. The van der Waals surface area contributed by atoms with Gasteiger partial charge >= 0.3 is 0 Å². The largest absolute Gasteiger partial charge is 0.459 e. The Morgan fingerprint density at radius 1 is 1.00 bits per heavy atom. The average Bonchev–Trinajstić information content (AvgIpc) is 3.36. The van der Waals surface area contributed by atoms with E-state index in [0.717, 1.165) is 29.8 Å². The van der Waals surface area contributed by atoms with E-state index >= 15 is 8.78 Å². The van der Waals surface area contributed by atoms with Gasteiger partial charge in [-0.15, -0.1) is 0 Å². The first-order chi connectivity index (χ1) is 19.0. The molecule has 2 aliphatic rings. The molecule has 4 N–H and O–H groups in total. The first kappa shape index (κ1) is 25.8. The van der Waals surface area contributed by atoms with E-state index in [9.17, 15) is 10.2 Å². The summed E-state index contributed by atoms with van der Waals surface area (Å²) in [5, 5.41) is 22.6. The lowest BCUT2D eigenvalue weighted by atomic mass is 9.98. The zero-order chi connectivity index (χ0) is 26.9. The summed E-state index contributed by atoms with van der Waals surface area (Å²) in [4.78, 5) is 6.98. The Balaban J connectivity index is 1.21. The molecule has 6 rings (SSSR count). The highest BCUT2D eigenvalue weighted by Crippen LogP contribution is 2.34. The number of fused-ring (bicyclic) bond motifs is 1. The Kier molecular flexibility index (Phi) is 7.28. The van der Waals surface area contributed by atoms with Gasteiger partial charge in [0.05, 0.1) is 43.1 Å². The molecule has 0 radical (unpaired) electrons. The Labute approximate surface area is 223 Å². The number of aromatic nitrogens is 2. The van der Waals surface area contributed by atoms with Crippen LogP contribution in [0, 0.1) is 11.6 Å². The highest BCUT2D eigenvalue weighted by atomic mass is 19.1. The standard InChI is InChI=1S/C29H29F2N3O5/c30-21-12-22-28(34-29(33-22)39-20-11-23(36)25(14-35)38-15-20)27(31)26(21)19-7-3-17(4-8-19)16-1-5-18(6-2-16)24-13-32-9-10-37-24/h1-8,12,20,23-25,32,35-36H,9-11,13-15H2,(H,33,34)/t20-,23+,24?,25-/m1/s1. The van der Waals surface area contributed by atoms with E-state index < -0.39 is 29.9 Å². The number of halogens is 2. The summed E-state index contributed by atoms with van der Waals surface area (Å²) in [5.41, 5.74) is 3.33. The van der Waals surface area contributed by atoms with E-state index in [0.29, 0.717) is 12.2 Å². The van der Waals surface area contributed by atoms with Crippen LogP contribution in [0.1, 0.15) is 18.1 Å². The first-order valence-corrected chi connectivity index (χ1v) is 13.0. The number of nitrogens with zero attached hydrogens (tertiary/aromatic N) is 1. The molecule has 0 aliphatic carbocycles. The van der Waals surface area contributed by atoms with Crippen LogP contribution in [0.4, 0.5) is 8.78 Å². The molecule has 1 unspecified atom stereocenters. The lowest BCUT2D eigenvalue weighted by Crippen LogP contribution is -2.45. The minimum absolute atomic E-state index is 0.00287. The number of ether oxygens (including phenoxy) is 3. The molecule has 3 aromatic carbocycles. The van der Waals surface area contributed by atoms with Crippen molar-refractivity contribution >= 4 is 11.0 Å². The van der Waals surface area contributed by atoms with Crippen LogP contribution in [-0.2, 0) is 9.47 Å². The molecule has 2 aliphatic heterocycles. The molecule has 2 fully saturated rings. The van der Waals surface area contributed by atoms with Crippen LogP contribution in [0.25, 0.3) is 33.3 Å². The Morgan fingerprint density at radius 2 is 1.72 bits per heavy atom. The third-order valence-electron chi connectivity index (χ3n) is 7.25. The fourth-order valence-corrected chi connectivity index (χ4v) is 5.12. The molecular formula is C29H29F2N3O5. The van der Waals surface area contributed by atoms with Crippen LogP contribution in [0.3, 0.4) is 0 Å². The maximum Gasteiger partial charge on any atom is 0.295 e. The van der Waals surface area contributed by atoms with Crippen molar-refractivity contribution in [1.82, 2.24) is 15.3 Å². The maximum absolute atomic E-state index is 15.5. The average molecular weight is 538 g/mol. The van der Waals surface area contributed by atoms with Crippen molar-refractivity contribution in [3.8, 4) is 28.3 Å². The molecule has 4 atom stereocenters. The first-order valence-electron chi connectivity index (χ1n) is 13.0. The summed E-state index contributed by atoms with van der Waals surface area (Å²) in [5.74, 6) is -1.52. The van der Waals surface area contributed by atoms with E-state index in [4.69, 9.17) is 14.2 Å². The van der Waals surface area contributed by atoms with Gasteiger partial charge in [0.15, 0.2) is 5.82 Å². The van der Waals surface area contributed by atoms with Gasteiger partial charge in [0.2, 0.25) is 0 Å². The molecule has 4 aromatic rings. The van der Waals surface area contributed by atoms with Crippen LogP contribution >= 0.6 is 0 Å². The van der Waals surface area contributed by atoms with Crippen molar-refractivity contribution in [2.24, 2.45) is 0 Å². The van der Waals surface area contributed by atoms with Gasteiger partial charge in [-0.05, 0) is 22.3 Å². The van der Waals surface area contributed by atoms with Crippen LogP contribution in [-0.4, -0.2) is 71.4 Å². The molecule has 3 heterocycles. The minimum atomic E-state index is -0.900. The Bertz CT molecular complexity index is 1440. The second-order valence-corrected chi connectivity index (χ2v) is 9.85. The fourth-order valence-electron chi connectivity index (χ4n) is 5.12. The predicted octanol–water partition coefficient (Wildman–Crippen LogP) is 3.73. The van der Waals surface area contributed by atoms with Gasteiger partial charge in [0.25, 0.3) is 6.01 Å². The number of H-pyrrole nitrogens is 1. The molecule has 0 saturated carbocycles. The second kappa shape index (κ2) is 11.0. The van der Waals surface area contributed by atoms with Crippen molar-refractivity contribution in [3.05, 3.63) is 71.8 Å². The Morgan fingerprint density at radius 3 is 2.38 bits per heavy atom. The van der Waals surface area contributed by atoms with E-state index in [1.807, 2.05) is 36.4 Å². The molecular weight excluding hydrogens is 508 g/mol. The van der Waals surface area contributed by atoms with Crippen molar-refractivity contribution in [2.45, 2.75) is 30.8 Å². The zero-order valence-corrected chi connectivity index (χ0v) is 21.1. The van der Waals surface area contributed by atoms with E-state index in [1.54, 1.807) is 12.1 Å². The summed E-state index contributed by atoms with van der Waals surface area (Å²) in [6, 6.07) is 16.3. The van der Waals surface area contributed by atoms with Crippen LogP contribution in [0.5, 0.6) is 6.01 Å². The maximum atomic E-state index is 15.5. The third kappa shape index (κ3) is 5.26. The summed E-state index contributed by atoms with van der Waals surface area (Å²) >= 11 is 0. The van der Waals surface area contributed by atoms with Gasteiger partial charge in [0.1, 0.15) is 23.5 Å². The predicted molar refractivity (Wildman–Crippen MR) is 140 cm³/mol. The smallest absolute Gasteiger partial charge is 0.295 e. The molecule has 39 heavy (non-hydrogen) atoms. The number of aliphatic hydroxyl groups is 2. The minimum Gasteiger partial charge on any atom is -0.459 e. The van der Waals surface area contributed by atoms with Gasteiger partial charge < -0.3 is 34.7 Å². The Hall–Kier alpha value is -3.41. The number of hydrogen-bond donors (Lipinski definition) is 4. The van der Waals surface area contributed by atoms with E-state index in [2.05, 4.69) is 15.3 Å². The topological polar surface area (TPSA) is 109 Å². The normalized spacial score (nSPS) is 23.7.